The summed E-state index contributed by atoms with van der Waals surface area (Å²) in [7, 11) is 0. The molecule has 0 saturated heterocycles. The summed E-state index contributed by atoms with van der Waals surface area (Å²) in [5.41, 5.74) is 0.000224. The fraction of sp³-hybridized carbons (Fsp3) is 0.500. The number of nitrogens with zero attached hydrogens (tertiary/aromatic N) is 1. The fourth-order valence-corrected chi connectivity index (χ4v) is 1.95. The van der Waals surface area contributed by atoms with Crippen molar-refractivity contribution < 1.29 is 4.39 Å². The third-order valence-electron chi connectivity index (χ3n) is 2.75. The third kappa shape index (κ3) is 1.85. The van der Waals surface area contributed by atoms with Crippen molar-refractivity contribution in [1.29, 1.82) is 0 Å². The van der Waals surface area contributed by atoms with Gasteiger partial charge in [0.2, 0.25) is 0 Å². The average molecular weight is 213 g/mol. The lowest BCUT2D eigenvalue weighted by Crippen LogP contribution is -2.24. The van der Waals surface area contributed by atoms with Crippen molar-refractivity contribution in [2.75, 3.05) is 5.75 Å². The first-order valence-corrected chi connectivity index (χ1v) is 5.25. The van der Waals surface area contributed by atoms with Crippen LogP contribution in [0.3, 0.4) is 0 Å². The van der Waals surface area contributed by atoms with Gasteiger partial charge in [0.25, 0.3) is 5.56 Å². The van der Waals surface area contributed by atoms with Crippen LogP contribution in [0.25, 0.3) is 0 Å². The maximum Gasteiger partial charge on any atom is 0.250 e. The second-order valence-electron chi connectivity index (χ2n) is 3.97. The van der Waals surface area contributed by atoms with E-state index < -0.39 is 0 Å². The van der Waals surface area contributed by atoms with Crippen LogP contribution in [-0.4, -0.2) is 10.3 Å². The van der Waals surface area contributed by atoms with Gasteiger partial charge in [-0.3, -0.25) is 4.79 Å². The first-order valence-electron chi connectivity index (χ1n) is 4.62. The maximum atomic E-state index is 12.9. The van der Waals surface area contributed by atoms with Gasteiger partial charge in [0.1, 0.15) is 5.82 Å². The molecule has 1 fully saturated rings. The van der Waals surface area contributed by atoms with Crippen LogP contribution in [-0.2, 0) is 6.54 Å². The van der Waals surface area contributed by atoms with Gasteiger partial charge in [-0.25, -0.2) is 4.39 Å². The number of rotatable bonds is 3. The molecule has 0 aliphatic heterocycles. The van der Waals surface area contributed by atoms with Crippen molar-refractivity contribution in [3.8, 4) is 0 Å². The quantitative estimate of drug-likeness (QED) is 0.758. The molecule has 2 rings (SSSR count). The highest BCUT2D eigenvalue weighted by Crippen LogP contribution is 2.47. The fourth-order valence-electron chi connectivity index (χ4n) is 1.53. The van der Waals surface area contributed by atoms with Crippen LogP contribution in [0.2, 0.25) is 0 Å². The molecule has 0 unspecified atom stereocenters. The molecule has 1 aliphatic carbocycles. The summed E-state index contributed by atoms with van der Waals surface area (Å²) in [6.07, 6.45) is 3.44. The van der Waals surface area contributed by atoms with Crippen LogP contribution in [0.4, 0.5) is 4.39 Å². The topological polar surface area (TPSA) is 22.0 Å². The minimum absolute atomic E-state index is 0.139. The number of aromatic nitrogens is 1. The van der Waals surface area contributed by atoms with Crippen LogP contribution in [0.5, 0.6) is 0 Å². The van der Waals surface area contributed by atoms with E-state index in [1.807, 2.05) is 0 Å². The van der Waals surface area contributed by atoms with Gasteiger partial charge < -0.3 is 4.57 Å². The van der Waals surface area contributed by atoms with Crippen molar-refractivity contribution in [3.05, 3.63) is 34.5 Å². The van der Waals surface area contributed by atoms with E-state index in [4.69, 9.17) is 0 Å². The molecule has 0 atom stereocenters. The minimum atomic E-state index is -0.362. The Morgan fingerprint density at radius 3 is 2.79 bits per heavy atom. The lowest BCUT2D eigenvalue weighted by molar-refractivity contribution is 0.453. The Hall–Kier alpha value is -0.770. The van der Waals surface area contributed by atoms with E-state index >= 15 is 0 Å². The SMILES string of the molecule is O=c1ccc(F)cn1CC1(CS)CC1. The van der Waals surface area contributed by atoms with Gasteiger partial charge in [-0.1, -0.05) is 0 Å². The molecular weight excluding hydrogens is 201 g/mol. The first-order chi connectivity index (χ1) is 6.65. The molecule has 14 heavy (non-hydrogen) atoms. The number of pyridine rings is 1. The van der Waals surface area contributed by atoms with E-state index in [1.165, 1.54) is 22.9 Å². The number of hydrogen-bond acceptors (Lipinski definition) is 2. The normalized spacial score (nSPS) is 18.1. The van der Waals surface area contributed by atoms with Crippen molar-refractivity contribution in [1.82, 2.24) is 4.57 Å². The highest BCUT2D eigenvalue weighted by molar-refractivity contribution is 7.80. The minimum Gasteiger partial charge on any atom is -0.312 e. The van der Waals surface area contributed by atoms with E-state index in [1.54, 1.807) is 0 Å². The Morgan fingerprint density at radius 1 is 1.50 bits per heavy atom. The van der Waals surface area contributed by atoms with E-state index in [2.05, 4.69) is 12.6 Å². The summed E-state index contributed by atoms with van der Waals surface area (Å²) in [5, 5.41) is 0. The molecule has 1 saturated carbocycles. The van der Waals surface area contributed by atoms with E-state index in [-0.39, 0.29) is 16.8 Å². The molecule has 1 aliphatic rings. The monoisotopic (exact) mass is 213 g/mol. The zero-order chi connectivity index (χ0) is 10.2. The predicted molar refractivity (Wildman–Crippen MR) is 56.2 cm³/mol. The van der Waals surface area contributed by atoms with Crippen LogP contribution >= 0.6 is 12.6 Å². The lowest BCUT2D eigenvalue weighted by atomic mass is 10.1. The number of halogens is 1. The molecule has 2 nitrogen and oxygen atoms in total. The molecular formula is C10H12FNOS. The highest BCUT2D eigenvalue weighted by atomic mass is 32.1. The molecule has 1 heterocycles. The van der Waals surface area contributed by atoms with Crippen LogP contribution in [0, 0.1) is 11.2 Å². The lowest BCUT2D eigenvalue weighted by Gasteiger charge is -2.13. The number of thiol groups is 1. The van der Waals surface area contributed by atoms with Crippen molar-refractivity contribution in [3.63, 3.8) is 0 Å². The Kier molecular flexibility index (Phi) is 2.39. The van der Waals surface area contributed by atoms with Gasteiger partial charge in [0, 0.05) is 18.8 Å². The van der Waals surface area contributed by atoms with E-state index in [9.17, 15) is 9.18 Å². The first kappa shape index (κ1) is 9.77. The largest absolute Gasteiger partial charge is 0.312 e. The molecule has 0 bridgehead atoms. The van der Waals surface area contributed by atoms with Gasteiger partial charge in [-0.15, -0.1) is 0 Å². The molecule has 0 spiro atoms. The molecule has 0 aromatic carbocycles. The summed E-state index contributed by atoms with van der Waals surface area (Å²) in [4.78, 5) is 11.4. The van der Waals surface area contributed by atoms with E-state index in [0.29, 0.717) is 6.54 Å². The Labute approximate surface area is 87.2 Å². The summed E-state index contributed by atoms with van der Waals surface area (Å²) in [5.74, 6) is 0.398. The molecule has 1 aromatic heterocycles. The molecule has 0 amide bonds. The molecule has 4 heteroatoms. The van der Waals surface area contributed by atoms with Crippen LogP contribution in [0.15, 0.2) is 23.1 Å². The smallest absolute Gasteiger partial charge is 0.250 e. The maximum absolute atomic E-state index is 12.9. The molecule has 76 valence electrons. The van der Waals surface area contributed by atoms with Gasteiger partial charge >= 0.3 is 0 Å². The zero-order valence-electron chi connectivity index (χ0n) is 7.74. The molecule has 1 aromatic rings. The van der Waals surface area contributed by atoms with Gasteiger partial charge in [-0.2, -0.15) is 12.6 Å². The average Bonchev–Trinajstić information content (AvgIpc) is 2.92. The Balaban J connectivity index is 2.24. The second-order valence-corrected chi connectivity index (χ2v) is 4.29. The summed E-state index contributed by atoms with van der Waals surface area (Å²) >= 11 is 4.24. The molecule has 0 radical (unpaired) electrons. The summed E-state index contributed by atoms with van der Waals surface area (Å²) in [6, 6.07) is 2.46. The third-order valence-corrected chi connectivity index (χ3v) is 3.42. The Bertz CT molecular complexity index is 397. The number of hydrogen-bond donors (Lipinski definition) is 1. The van der Waals surface area contributed by atoms with Gasteiger partial charge in [-0.05, 0) is 30.1 Å². The van der Waals surface area contributed by atoms with Gasteiger partial charge in [0.05, 0.1) is 0 Å². The predicted octanol–water partition coefficient (Wildman–Crippen LogP) is 1.70. The Morgan fingerprint density at radius 2 is 2.21 bits per heavy atom. The zero-order valence-corrected chi connectivity index (χ0v) is 8.64. The standard InChI is InChI=1S/C10H12FNOS/c11-8-1-2-9(13)12(5-8)6-10(7-14)3-4-10/h1-2,5,14H,3-4,6-7H2. The second kappa shape index (κ2) is 3.42. The van der Waals surface area contributed by atoms with Crippen molar-refractivity contribution >= 4 is 12.6 Å². The summed E-state index contributed by atoms with van der Waals surface area (Å²) < 4.78 is 14.3. The van der Waals surface area contributed by atoms with Crippen molar-refractivity contribution in [2.24, 2.45) is 5.41 Å². The van der Waals surface area contributed by atoms with Gasteiger partial charge in [0.15, 0.2) is 0 Å². The van der Waals surface area contributed by atoms with Crippen LogP contribution in [0.1, 0.15) is 12.8 Å². The van der Waals surface area contributed by atoms with Crippen molar-refractivity contribution in [2.45, 2.75) is 19.4 Å². The van der Waals surface area contributed by atoms with E-state index in [0.717, 1.165) is 18.6 Å². The van der Waals surface area contributed by atoms with Crippen LogP contribution < -0.4 is 5.56 Å². The molecule has 0 N–H and O–H groups in total. The summed E-state index contributed by atoms with van der Waals surface area (Å²) in [6.45, 7) is 0.590. The highest BCUT2D eigenvalue weighted by Gasteiger charge is 2.41.